The summed E-state index contributed by atoms with van der Waals surface area (Å²) in [6.07, 6.45) is 53.1. The van der Waals surface area contributed by atoms with E-state index in [1.54, 1.807) is 6.26 Å². The number of phosphoric ester groups is 1. The smallest absolute Gasteiger partial charge is 0.306 e. The molecule has 330 valence electrons. The standard InChI is InChI=1S/C48H86NO7P/c1-6-8-10-12-14-16-18-20-22-24-25-26-27-29-31-33-35-37-39-41-48(50)56-47(46-55-57(51,52)54-44-42-49(3,4)5)45-53-43-40-38-36-34-32-30-28-23-21-19-17-15-13-11-9-7-2/h14,16,20,22,25-26,29,31,35,37,40,43,47H,6-13,15,17-19,21,23-24,27-28,30,32-34,36,38-39,41-42,44-46H2,1-5H3/b16-14+,22-20+,26-25+,31-29+,37-35+,43-40+/t47-/m1/s1. The van der Waals surface area contributed by atoms with Gasteiger partial charge in [-0.3, -0.25) is 9.36 Å². The van der Waals surface area contributed by atoms with Crippen molar-refractivity contribution in [3.8, 4) is 0 Å². The van der Waals surface area contributed by atoms with Crippen molar-refractivity contribution in [2.75, 3.05) is 47.5 Å². The van der Waals surface area contributed by atoms with Gasteiger partial charge in [0.05, 0.1) is 34.0 Å². The molecule has 0 rings (SSSR count). The molecule has 0 aliphatic heterocycles. The van der Waals surface area contributed by atoms with Gasteiger partial charge in [0, 0.05) is 6.42 Å². The van der Waals surface area contributed by atoms with Crippen LogP contribution in [0, 0.1) is 0 Å². The maximum atomic E-state index is 12.6. The van der Waals surface area contributed by atoms with E-state index in [-0.39, 0.29) is 26.2 Å². The molecule has 0 aliphatic rings. The average molecular weight is 820 g/mol. The molecule has 0 aliphatic carbocycles. The van der Waals surface area contributed by atoms with Crippen LogP contribution in [0.25, 0.3) is 0 Å². The van der Waals surface area contributed by atoms with E-state index in [1.165, 1.54) is 109 Å². The van der Waals surface area contributed by atoms with E-state index in [1.807, 2.05) is 39.4 Å². The molecule has 0 heterocycles. The maximum Gasteiger partial charge on any atom is 0.306 e. The summed E-state index contributed by atoms with van der Waals surface area (Å²) in [5.74, 6) is -0.437. The lowest BCUT2D eigenvalue weighted by Gasteiger charge is -2.28. The van der Waals surface area contributed by atoms with Gasteiger partial charge in [-0.2, -0.15) is 0 Å². The first-order chi connectivity index (χ1) is 27.6. The largest absolute Gasteiger partial charge is 0.756 e. The summed E-state index contributed by atoms with van der Waals surface area (Å²) in [6, 6.07) is 0. The number of carbonyl (C=O) groups excluding carboxylic acids is 1. The number of unbranched alkanes of at least 4 members (excludes halogenated alkanes) is 17. The van der Waals surface area contributed by atoms with Gasteiger partial charge < -0.3 is 27.9 Å². The Balaban J connectivity index is 4.41. The fraction of sp³-hybridized carbons (Fsp3) is 0.729. The molecule has 0 radical (unpaired) electrons. The number of nitrogens with zero attached hydrogens (tertiary/aromatic N) is 1. The van der Waals surface area contributed by atoms with Crippen LogP contribution in [0.2, 0.25) is 0 Å². The van der Waals surface area contributed by atoms with Crippen LogP contribution < -0.4 is 4.89 Å². The molecule has 1 unspecified atom stereocenters. The normalized spacial score (nSPS) is 14.4. The average Bonchev–Trinajstić information content (AvgIpc) is 3.16. The van der Waals surface area contributed by atoms with Crippen molar-refractivity contribution in [1.29, 1.82) is 0 Å². The summed E-state index contributed by atoms with van der Waals surface area (Å²) in [5, 5.41) is 0. The summed E-state index contributed by atoms with van der Waals surface area (Å²) in [4.78, 5) is 25.0. The van der Waals surface area contributed by atoms with Gasteiger partial charge in [0.15, 0.2) is 6.10 Å². The highest BCUT2D eigenvalue weighted by Gasteiger charge is 2.20. The van der Waals surface area contributed by atoms with E-state index in [4.69, 9.17) is 18.5 Å². The number of phosphoric acid groups is 1. The van der Waals surface area contributed by atoms with Crippen LogP contribution in [-0.2, 0) is 27.9 Å². The number of likely N-dealkylation sites (N-methyl/N-ethyl adjacent to an activating group) is 1. The van der Waals surface area contributed by atoms with E-state index < -0.39 is 19.9 Å². The number of rotatable bonds is 41. The molecule has 9 heteroatoms. The number of carbonyl (C=O) groups is 1. The minimum atomic E-state index is -4.56. The fourth-order valence-corrected chi connectivity index (χ4v) is 6.52. The number of ether oxygens (including phenoxy) is 2. The van der Waals surface area contributed by atoms with Gasteiger partial charge >= 0.3 is 5.97 Å². The van der Waals surface area contributed by atoms with Crippen LogP contribution in [0.15, 0.2) is 73.1 Å². The number of hydrogen-bond acceptors (Lipinski definition) is 7. The molecule has 0 aromatic rings. The molecule has 0 saturated carbocycles. The van der Waals surface area contributed by atoms with Gasteiger partial charge in [-0.25, -0.2) is 0 Å². The summed E-state index contributed by atoms with van der Waals surface area (Å²) in [5.41, 5.74) is 0. The quantitative estimate of drug-likeness (QED) is 0.0151. The number of quaternary nitrogens is 1. The van der Waals surface area contributed by atoms with Crippen molar-refractivity contribution in [3.05, 3.63) is 73.1 Å². The zero-order chi connectivity index (χ0) is 42.0. The minimum Gasteiger partial charge on any atom is -0.756 e. The second-order valence-corrected chi connectivity index (χ2v) is 17.5. The molecule has 0 saturated heterocycles. The van der Waals surface area contributed by atoms with Crippen molar-refractivity contribution in [2.24, 2.45) is 0 Å². The minimum absolute atomic E-state index is 0.000613. The number of allylic oxidation sites excluding steroid dienone is 11. The SMILES string of the molecule is CCCCC/C=C/C/C=C/C/C=C/C/C=C/C/C=C/CCC(=O)O[C@H](CO/C=C/CCCCCCCCCCCCCCCC)COP(=O)([O-])OCC[N+](C)(C)C. The predicted molar refractivity (Wildman–Crippen MR) is 240 cm³/mol. The topological polar surface area (TPSA) is 94.1 Å². The van der Waals surface area contributed by atoms with Crippen molar-refractivity contribution in [1.82, 2.24) is 0 Å². The fourth-order valence-electron chi connectivity index (χ4n) is 5.79. The van der Waals surface area contributed by atoms with Gasteiger partial charge in [0.1, 0.15) is 19.8 Å². The van der Waals surface area contributed by atoms with Gasteiger partial charge in [-0.1, -0.05) is 171 Å². The second-order valence-electron chi connectivity index (χ2n) is 16.1. The van der Waals surface area contributed by atoms with Crippen LogP contribution in [-0.4, -0.2) is 64.1 Å². The van der Waals surface area contributed by atoms with Crippen LogP contribution in [0.5, 0.6) is 0 Å². The third-order valence-electron chi connectivity index (χ3n) is 9.34. The first-order valence-electron chi connectivity index (χ1n) is 22.7. The summed E-state index contributed by atoms with van der Waals surface area (Å²) in [6.45, 7) is 4.62. The van der Waals surface area contributed by atoms with Gasteiger partial charge in [-0.05, 0) is 63.9 Å². The van der Waals surface area contributed by atoms with Crippen LogP contribution >= 0.6 is 7.82 Å². The van der Waals surface area contributed by atoms with Crippen molar-refractivity contribution < 1.29 is 37.3 Å². The van der Waals surface area contributed by atoms with E-state index >= 15 is 0 Å². The van der Waals surface area contributed by atoms with Gasteiger partial charge in [0.25, 0.3) is 7.82 Å². The first kappa shape index (κ1) is 54.8. The molecule has 0 aromatic heterocycles. The predicted octanol–water partition coefficient (Wildman–Crippen LogP) is 13.2. The molecule has 0 bridgehead atoms. The van der Waals surface area contributed by atoms with Gasteiger partial charge in [0.2, 0.25) is 0 Å². The van der Waals surface area contributed by atoms with Crippen LogP contribution in [0.3, 0.4) is 0 Å². The molecular formula is C48H86NO7P. The zero-order valence-electron chi connectivity index (χ0n) is 37.3. The van der Waals surface area contributed by atoms with Gasteiger partial charge in [-0.15, -0.1) is 0 Å². The molecule has 0 N–H and O–H groups in total. The Bertz CT molecular complexity index is 1140. The van der Waals surface area contributed by atoms with E-state index in [2.05, 4.69) is 62.5 Å². The lowest BCUT2D eigenvalue weighted by atomic mass is 10.0. The monoisotopic (exact) mass is 820 g/mol. The number of esters is 1. The molecular weight excluding hydrogens is 734 g/mol. The number of hydrogen-bond donors (Lipinski definition) is 0. The van der Waals surface area contributed by atoms with E-state index in [9.17, 15) is 14.3 Å². The Morgan fingerprint density at radius 1 is 0.561 bits per heavy atom. The summed E-state index contributed by atoms with van der Waals surface area (Å²) >= 11 is 0. The van der Waals surface area contributed by atoms with Crippen molar-refractivity contribution in [2.45, 2.75) is 180 Å². The Morgan fingerprint density at radius 2 is 0.982 bits per heavy atom. The summed E-state index contributed by atoms with van der Waals surface area (Å²) in [7, 11) is 1.27. The van der Waals surface area contributed by atoms with Crippen LogP contribution in [0.4, 0.5) is 0 Å². The van der Waals surface area contributed by atoms with E-state index in [0.717, 1.165) is 38.5 Å². The van der Waals surface area contributed by atoms with E-state index in [0.29, 0.717) is 17.4 Å². The lowest BCUT2D eigenvalue weighted by molar-refractivity contribution is -0.870. The Morgan fingerprint density at radius 3 is 1.49 bits per heavy atom. The second kappa shape index (κ2) is 40.6. The molecule has 2 atom stereocenters. The van der Waals surface area contributed by atoms with Crippen LogP contribution in [0.1, 0.15) is 174 Å². The Hall–Kier alpha value is -2.22. The van der Waals surface area contributed by atoms with Crippen molar-refractivity contribution >= 4 is 13.8 Å². The lowest BCUT2D eigenvalue weighted by Crippen LogP contribution is -2.37. The Kier molecular flexibility index (Phi) is 39.0. The molecule has 0 spiro atoms. The Labute approximate surface area is 351 Å². The summed E-state index contributed by atoms with van der Waals surface area (Å²) < 4.78 is 34.3. The zero-order valence-corrected chi connectivity index (χ0v) is 38.2. The highest BCUT2D eigenvalue weighted by Crippen LogP contribution is 2.38. The third kappa shape index (κ3) is 44.7. The third-order valence-corrected chi connectivity index (χ3v) is 10.3. The molecule has 57 heavy (non-hydrogen) atoms. The highest BCUT2D eigenvalue weighted by molar-refractivity contribution is 7.45. The first-order valence-corrected chi connectivity index (χ1v) is 24.2. The molecule has 0 aromatic carbocycles. The molecule has 0 fully saturated rings. The van der Waals surface area contributed by atoms with Crippen molar-refractivity contribution in [3.63, 3.8) is 0 Å². The highest BCUT2D eigenvalue weighted by atomic mass is 31.2. The maximum absolute atomic E-state index is 12.6. The molecule has 8 nitrogen and oxygen atoms in total. The molecule has 0 amide bonds.